The molecule has 31 heavy (non-hydrogen) atoms. The Morgan fingerprint density at radius 3 is 2.87 bits per heavy atom. The maximum Gasteiger partial charge on any atom is 0.353 e. The predicted molar refractivity (Wildman–Crippen MR) is 114 cm³/mol. The third-order valence-corrected chi connectivity index (χ3v) is 5.10. The van der Waals surface area contributed by atoms with Crippen molar-refractivity contribution in [3.05, 3.63) is 40.6 Å². The second-order valence-corrected chi connectivity index (χ2v) is 7.33. The standard InChI is InChI=1S/C20H28N6O5/c1-3-30-17(27)7-10-25(14-16-6-4-13-31-16)20-18(26(28)29)19(21-15-22-20)24-9-5-8-23(2)11-12-24/h4,6,13,15H,3,5,7-12,14H2,1-2H3. The Morgan fingerprint density at radius 2 is 2.16 bits per heavy atom. The first-order valence-electron chi connectivity index (χ1n) is 10.4. The smallest absolute Gasteiger partial charge is 0.353 e. The topological polar surface area (TPSA) is 118 Å². The quantitative estimate of drug-likeness (QED) is 0.331. The molecular formula is C20H28N6O5. The number of rotatable bonds is 9. The van der Waals surface area contributed by atoms with Gasteiger partial charge < -0.3 is 23.9 Å². The van der Waals surface area contributed by atoms with Gasteiger partial charge in [-0.1, -0.05) is 0 Å². The second-order valence-electron chi connectivity index (χ2n) is 7.33. The Balaban J connectivity index is 1.94. The zero-order valence-electron chi connectivity index (χ0n) is 17.9. The molecule has 1 saturated heterocycles. The van der Waals surface area contributed by atoms with Gasteiger partial charge in [0, 0.05) is 26.2 Å². The fourth-order valence-corrected chi connectivity index (χ4v) is 3.55. The normalized spacial score (nSPS) is 14.8. The van der Waals surface area contributed by atoms with E-state index >= 15 is 0 Å². The molecule has 0 aromatic carbocycles. The van der Waals surface area contributed by atoms with Crippen molar-refractivity contribution in [3.63, 3.8) is 0 Å². The Kier molecular flexibility index (Phi) is 7.76. The maximum atomic E-state index is 12.1. The number of carbonyl (C=O) groups is 1. The number of likely N-dealkylation sites (N-methyl/N-ethyl adjacent to an activating group) is 1. The van der Waals surface area contributed by atoms with Gasteiger partial charge in [-0.25, -0.2) is 9.97 Å². The summed E-state index contributed by atoms with van der Waals surface area (Å²) in [6.07, 6.45) is 3.82. The van der Waals surface area contributed by atoms with Crippen molar-refractivity contribution in [2.75, 3.05) is 56.2 Å². The van der Waals surface area contributed by atoms with Crippen LogP contribution in [0.3, 0.4) is 0 Å². The lowest BCUT2D eigenvalue weighted by atomic mass is 10.3. The summed E-state index contributed by atoms with van der Waals surface area (Å²) in [5.41, 5.74) is -0.164. The first kappa shape index (κ1) is 22.5. The Bertz CT molecular complexity index is 875. The number of nitrogens with zero attached hydrogens (tertiary/aromatic N) is 6. The molecular weight excluding hydrogens is 404 g/mol. The van der Waals surface area contributed by atoms with E-state index in [0.717, 1.165) is 19.5 Å². The molecule has 0 radical (unpaired) electrons. The van der Waals surface area contributed by atoms with Gasteiger partial charge in [-0.15, -0.1) is 0 Å². The van der Waals surface area contributed by atoms with Crippen molar-refractivity contribution in [2.24, 2.45) is 0 Å². The molecule has 3 heterocycles. The van der Waals surface area contributed by atoms with Crippen LogP contribution in [0, 0.1) is 10.1 Å². The molecule has 0 atom stereocenters. The molecule has 11 heteroatoms. The lowest BCUT2D eigenvalue weighted by Gasteiger charge is -2.25. The summed E-state index contributed by atoms with van der Waals surface area (Å²) in [6.45, 7) is 5.45. The van der Waals surface area contributed by atoms with Gasteiger partial charge in [0.2, 0.25) is 11.6 Å². The molecule has 0 aliphatic carbocycles. The predicted octanol–water partition coefficient (Wildman–Crippen LogP) is 2.08. The van der Waals surface area contributed by atoms with Crippen LogP contribution in [0.4, 0.5) is 17.3 Å². The average molecular weight is 432 g/mol. The zero-order chi connectivity index (χ0) is 22.2. The summed E-state index contributed by atoms with van der Waals surface area (Å²) in [5.74, 6) is 0.688. The molecule has 2 aromatic rings. The molecule has 1 aliphatic heterocycles. The van der Waals surface area contributed by atoms with Gasteiger partial charge in [0.15, 0.2) is 0 Å². The molecule has 1 aliphatic rings. The number of carbonyl (C=O) groups excluding carboxylic acids is 1. The SMILES string of the molecule is CCOC(=O)CCN(Cc1ccco1)c1ncnc(N2CCCN(C)CC2)c1[N+](=O)[O-]. The summed E-state index contributed by atoms with van der Waals surface area (Å²) < 4.78 is 10.4. The van der Waals surface area contributed by atoms with E-state index in [1.807, 2.05) is 11.9 Å². The van der Waals surface area contributed by atoms with Crippen LogP contribution < -0.4 is 9.80 Å². The third-order valence-electron chi connectivity index (χ3n) is 5.10. The fraction of sp³-hybridized carbons (Fsp3) is 0.550. The first-order chi connectivity index (χ1) is 15.0. The van der Waals surface area contributed by atoms with E-state index in [1.165, 1.54) is 12.6 Å². The van der Waals surface area contributed by atoms with Crippen LogP contribution in [0.2, 0.25) is 0 Å². The van der Waals surface area contributed by atoms with E-state index in [4.69, 9.17) is 9.15 Å². The molecule has 0 saturated carbocycles. The first-order valence-corrected chi connectivity index (χ1v) is 10.4. The zero-order valence-corrected chi connectivity index (χ0v) is 17.9. The van der Waals surface area contributed by atoms with Gasteiger partial charge in [0.1, 0.15) is 12.1 Å². The number of hydrogen-bond acceptors (Lipinski definition) is 10. The van der Waals surface area contributed by atoms with E-state index < -0.39 is 4.92 Å². The molecule has 3 rings (SSSR count). The molecule has 0 bridgehead atoms. The molecule has 0 N–H and O–H groups in total. The van der Waals surface area contributed by atoms with Crippen molar-refractivity contribution in [2.45, 2.75) is 26.3 Å². The van der Waals surface area contributed by atoms with Crippen LogP contribution in [-0.2, 0) is 16.1 Å². The maximum absolute atomic E-state index is 12.1. The van der Waals surface area contributed by atoms with Gasteiger partial charge >= 0.3 is 11.7 Å². The Hall–Kier alpha value is -3.21. The van der Waals surface area contributed by atoms with E-state index in [9.17, 15) is 14.9 Å². The van der Waals surface area contributed by atoms with Crippen LogP contribution in [0.5, 0.6) is 0 Å². The van der Waals surface area contributed by atoms with Gasteiger partial charge in [-0.2, -0.15) is 0 Å². The van der Waals surface area contributed by atoms with E-state index in [2.05, 4.69) is 14.9 Å². The monoisotopic (exact) mass is 432 g/mol. The number of esters is 1. The molecule has 2 aromatic heterocycles. The minimum Gasteiger partial charge on any atom is -0.467 e. The second kappa shape index (κ2) is 10.7. The highest BCUT2D eigenvalue weighted by atomic mass is 16.6. The lowest BCUT2D eigenvalue weighted by Crippen LogP contribution is -2.32. The van der Waals surface area contributed by atoms with E-state index in [0.29, 0.717) is 24.7 Å². The number of nitro groups is 1. The number of anilines is 2. The Labute approximate surface area is 180 Å². The lowest BCUT2D eigenvalue weighted by molar-refractivity contribution is -0.383. The summed E-state index contributed by atoms with van der Waals surface area (Å²) in [4.78, 5) is 37.9. The van der Waals surface area contributed by atoms with Crippen LogP contribution >= 0.6 is 0 Å². The minimum absolute atomic E-state index is 0.0690. The van der Waals surface area contributed by atoms with Crippen LogP contribution in [0.15, 0.2) is 29.1 Å². The van der Waals surface area contributed by atoms with Crippen molar-refractivity contribution in [3.8, 4) is 0 Å². The largest absolute Gasteiger partial charge is 0.467 e. The highest BCUT2D eigenvalue weighted by Gasteiger charge is 2.31. The molecule has 1 fully saturated rings. The number of ether oxygens (including phenoxy) is 1. The molecule has 168 valence electrons. The number of furan rings is 1. The van der Waals surface area contributed by atoms with Gasteiger partial charge in [-0.3, -0.25) is 14.9 Å². The van der Waals surface area contributed by atoms with Crippen LogP contribution in [-0.4, -0.2) is 72.1 Å². The van der Waals surface area contributed by atoms with Crippen LogP contribution in [0.25, 0.3) is 0 Å². The van der Waals surface area contributed by atoms with Crippen molar-refractivity contribution in [1.82, 2.24) is 14.9 Å². The van der Waals surface area contributed by atoms with Gasteiger partial charge in [-0.05, 0) is 39.1 Å². The fourth-order valence-electron chi connectivity index (χ4n) is 3.55. The molecule has 0 spiro atoms. The van der Waals surface area contributed by atoms with Gasteiger partial charge in [0.25, 0.3) is 0 Å². The van der Waals surface area contributed by atoms with Crippen molar-refractivity contribution < 1.29 is 18.9 Å². The van der Waals surface area contributed by atoms with Crippen molar-refractivity contribution >= 4 is 23.3 Å². The number of aromatic nitrogens is 2. The Morgan fingerprint density at radius 1 is 1.32 bits per heavy atom. The number of hydrogen-bond donors (Lipinski definition) is 0. The highest BCUT2D eigenvalue weighted by Crippen LogP contribution is 2.35. The highest BCUT2D eigenvalue weighted by molar-refractivity contribution is 5.73. The summed E-state index contributed by atoms with van der Waals surface area (Å²) in [5, 5.41) is 12.1. The van der Waals surface area contributed by atoms with E-state index in [1.54, 1.807) is 24.0 Å². The molecule has 0 amide bonds. The average Bonchev–Trinajstić information content (AvgIpc) is 3.17. The molecule has 0 unspecified atom stereocenters. The van der Waals surface area contributed by atoms with Crippen LogP contribution in [0.1, 0.15) is 25.5 Å². The minimum atomic E-state index is -0.446. The third kappa shape index (κ3) is 5.91. The summed E-state index contributed by atoms with van der Waals surface area (Å²) >= 11 is 0. The summed E-state index contributed by atoms with van der Waals surface area (Å²) in [6, 6.07) is 3.52. The van der Waals surface area contributed by atoms with Gasteiger partial charge in [0.05, 0.1) is 30.8 Å². The van der Waals surface area contributed by atoms with E-state index in [-0.39, 0.29) is 43.6 Å². The molecule has 11 nitrogen and oxygen atoms in total. The van der Waals surface area contributed by atoms with Crippen molar-refractivity contribution in [1.29, 1.82) is 0 Å². The summed E-state index contributed by atoms with van der Waals surface area (Å²) in [7, 11) is 2.03.